The zero-order chi connectivity index (χ0) is 11.5. The predicted octanol–water partition coefficient (Wildman–Crippen LogP) is 0.802. The standard InChI is InChI=1S/C11H9N3O2/c12-5-8-1-3-9(4-2-8)7-14-10(15)6-13-11(14)16/h1-4,6,15H,7H2,(H,13,16). The second kappa shape index (κ2) is 3.95. The summed E-state index contributed by atoms with van der Waals surface area (Å²) in [7, 11) is 0. The van der Waals surface area contributed by atoms with Crippen molar-refractivity contribution < 1.29 is 5.11 Å². The van der Waals surface area contributed by atoms with Gasteiger partial charge < -0.3 is 10.1 Å². The SMILES string of the molecule is N#Cc1ccc(Cn2c(O)c[nH]c2=O)cc1. The van der Waals surface area contributed by atoms with E-state index in [2.05, 4.69) is 4.98 Å². The quantitative estimate of drug-likeness (QED) is 0.777. The van der Waals surface area contributed by atoms with Gasteiger partial charge in [0.25, 0.3) is 0 Å². The average Bonchev–Trinajstić information content (AvgIpc) is 2.62. The molecule has 5 heteroatoms. The number of aromatic nitrogens is 2. The Kier molecular flexibility index (Phi) is 2.48. The molecule has 0 saturated carbocycles. The third-order valence-corrected chi connectivity index (χ3v) is 2.27. The van der Waals surface area contributed by atoms with Gasteiger partial charge in [0.05, 0.1) is 24.4 Å². The number of imidazole rings is 1. The highest BCUT2D eigenvalue weighted by atomic mass is 16.3. The predicted molar refractivity (Wildman–Crippen MR) is 57.0 cm³/mol. The Hall–Kier alpha value is -2.48. The highest BCUT2D eigenvalue weighted by molar-refractivity contribution is 5.31. The van der Waals surface area contributed by atoms with Crippen molar-refractivity contribution in [3.8, 4) is 11.9 Å². The summed E-state index contributed by atoms with van der Waals surface area (Å²) in [5, 5.41) is 18.0. The summed E-state index contributed by atoms with van der Waals surface area (Å²) in [4.78, 5) is 13.6. The molecular weight excluding hydrogens is 206 g/mol. The van der Waals surface area contributed by atoms with Crippen LogP contribution in [0, 0.1) is 11.3 Å². The van der Waals surface area contributed by atoms with E-state index in [-0.39, 0.29) is 18.1 Å². The number of hydrogen-bond acceptors (Lipinski definition) is 3. The van der Waals surface area contributed by atoms with E-state index in [1.54, 1.807) is 24.3 Å². The van der Waals surface area contributed by atoms with Crippen molar-refractivity contribution in [2.24, 2.45) is 0 Å². The number of nitriles is 1. The summed E-state index contributed by atoms with van der Waals surface area (Å²) in [6.45, 7) is 0.278. The first-order chi connectivity index (χ1) is 7.70. The Balaban J connectivity index is 2.28. The van der Waals surface area contributed by atoms with Crippen LogP contribution in [-0.2, 0) is 6.54 Å². The molecule has 1 aromatic heterocycles. The molecule has 1 heterocycles. The molecule has 2 N–H and O–H groups in total. The normalized spacial score (nSPS) is 9.94. The molecule has 1 aromatic carbocycles. The third kappa shape index (κ3) is 1.81. The fourth-order valence-electron chi connectivity index (χ4n) is 1.41. The van der Waals surface area contributed by atoms with Crippen molar-refractivity contribution in [1.82, 2.24) is 9.55 Å². The van der Waals surface area contributed by atoms with E-state index in [4.69, 9.17) is 5.26 Å². The van der Waals surface area contributed by atoms with Gasteiger partial charge >= 0.3 is 5.69 Å². The first kappa shape index (κ1) is 10.1. The van der Waals surface area contributed by atoms with Gasteiger partial charge in [-0.1, -0.05) is 12.1 Å². The molecule has 0 aliphatic heterocycles. The van der Waals surface area contributed by atoms with Crippen LogP contribution >= 0.6 is 0 Å². The molecule has 0 atom stereocenters. The van der Waals surface area contributed by atoms with Gasteiger partial charge in [-0.05, 0) is 17.7 Å². The van der Waals surface area contributed by atoms with Gasteiger partial charge in [0.1, 0.15) is 0 Å². The highest BCUT2D eigenvalue weighted by Crippen LogP contribution is 2.09. The smallest absolute Gasteiger partial charge is 0.328 e. The molecule has 0 spiro atoms. The fourth-order valence-corrected chi connectivity index (χ4v) is 1.41. The van der Waals surface area contributed by atoms with E-state index >= 15 is 0 Å². The van der Waals surface area contributed by atoms with Crippen LogP contribution in [0.2, 0.25) is 0 Å². The Morgan fingerprint density at radius 2 is 2.06 bits per heavy atom. The second-order valence-electron chi connectivity index (χ2n) is 3.35. The Morgan fingerprint density at radius 3 is 2.56 bits per heavy atom. The van der Waals surface area contributed by atoms with Crippen molar-refractivity contribution in [2.75, 3.05) is 0 Å². The molecule has 80 valence electrons. The van der Waals surface area contributed by atoms with E-state index in [9.17, 15) is 9.90 Å². The van der Waals surface area contributed by atoms with E-state index in [1.165, 1.54) is 10.8 Å². The number of aromatic hydroxyl groups is 1. The maximum atomic E-state index is 11.3. The minimum Gasteiger partial charge on any atom is -0.493 e. The molecule has 0 bridgehead atoms. The van der Waals surface area contributed by atoms with E-state index < -0.39 is 0 Å². The van der Waals surface area contributed by atoms with Gasteiger partial charge in [0.15, 0.2) is 0 Å². The lowest BCUT2D eigenvalue weighted by atomic mass is 10.1. The van der Waals surface area contributed by atoms with Crippen LogP contribution in [0.1, 0.15) is 11.1 Å². The van der Waals surface area contributed by atoms with E-state index in [1.807, 2.05) is 6.07 Å². The minimum atomic E-state index is -0.359. The number of aromatic amines is 1. The van der Waals surface area contributed by atoms with Crippen LogP contribution in [0.5, 0.6) is 5.88 Å². The van der Waals surface area contributed by atoms with Crippen molar-refractivity contribution >= 4 is 0 Å². The molecule has 2 aromatic rings. The lowest BCUT2D eigenvalue weighted by molar-refractivity contribution is 0.421. The van der Waals surface area contributed by atoms with Gasteiger partial charge in [-0.15, -0.1) is 0 Å². The van der Waals surface area contributed by atoms with E-state index in [0.29, 0.717) is 5.56 Å². The number of nitrogens with zero attached hydrogens (tertiary/aromatic N) is 2. The number of nitrogens with one attached hydrogen (secondary N) is 1. The number of rotatable bonds is 2. The molecule has 0 aliphatic rings. The van der Waals surface area contributed by atoms with Gasteiger partial charge in [0, 0.05) is 0 Å². The van der Waals surface area contributed by atoms with Crippen molar-refractivity contribution in [3.05, 3.63) is 52.1 Å². The van der Waals surface area contributed by atoms with Crippen LogP contribution in [-0.4, -0.2) is 14.7 Å². The molecule has 0 radical (unpaired) electrons. The number of H-pyrrole nitrogens is 1. The monoisotopic (exact) mass is 215 g/mol. The lowest BCUT2D eigenvalue weighted by Crippen LogP contribution is -2.17. The molecule has 0 saturated heterocycles. The minimum absolute atomic E-state index is 0.102. The molecule has 0 fully saturated rings. The van der Waals surface area contributed by atoms with Crippen LogP contribution in [0.3, 0.4) is 0 Å². The first-order valence-electron chi connectivity index (χ1n) is 4.67. The van der Waals surface area contributed by atoms with Crippen LogP contribution in [0.4, 0.5) is 0 Å². The second-order valence-corrected chi connectivity index (χ2v) is 3.35. The zero-order valence-corrected chi connectivity index (χ0v) is 8.34. The fraction of sp³-hybridized carbons (Fsp3) is 0.0909. The zero-order valence-electron chi connectivity index (χ0n) is 8.34. The summed E-state index contributed by atoms with van der Waals surface area (Å²) >= 11 is 0. The van der Waals surface area contributed by atoms with Crippen molar-refractivity contribution in [2.45, 2.75) is 6.54 Å². The Labute approximate surface area is 91.2 Å². The molecule has 16 heavy (non-hydrogen) atoms. The highest BCUT2D eigenvalue weighted by Gasteiger charge is 2.04. The van der Waals surface area contributed by atoms with Crippen LogP contribution < -0.4 is 5.69 Å². The molecule has 2 rings (SSSR count). The lowest BCUT2D eigenvalue weighted by Gasteiger charge is -2.02. The Bertz CT molecular complexity index is 587. The van der Waals surface area contributed by atoms with Gasteiger partial charge in [-0.25, -0.2) is 4.79 Å². The van der Waals surface area contributed by atoms with Crippen LogP contribution in [0.25, 0.3) is 0 Å². The topological polar surface area (TPSA) is 81.8 Å². The van der Waals surface area contributed by atoms with Crippen molar-refractivity contribution in [3.63, 3.8) is 0 Å². The molecule has 0 amide bonds. The maximum absolute atomic E-state index is 11.3. The number of benzene rings is 1. The molecule has 0 aliphatic carbocycles. The van der Waals surface area contributed by atoms with Gasteiger partial charge in [0.2, 0.25) is 5.88 Å². The maximum Gasteiger partial charge on any atom is 0.328 e. The summed E-state index contributed by atoms with van der Waals surface area (Å²) < 4.78 is 1.21. The van der Waals surface area contributed by atoms with Crippen LogP contribution in [0.15, 0.2) is 35.3 Å². The van der Waals surface area contributed by atoms with Gasteiger partial charge in [-0.2, -0.15) is 5.26 Å². The summed E-state index contributed by atoms with van der Waals surface area (Å²) in [6, 6.07) is 8.85. The van der Waals surface area contributed by atoms with Gasteiger partial charge in [-0.3, -0.25) is 4.57 Å². The molecular formula is C11H9N3O2. The third-order valence-electron chi connectivity index (χ3n) is 2.27. The first-order valence-corrected chi connectivity index (χ1v) is 4.67. The molecule has 5 nitrogen and oxygen atoms in total. The average molecular weight is 215 g/mol. The summed E-state index contributed by atoms with van der Waals surface area (Å²) in [5.41, 5.74) is 1.05. The van der Waals surface area contributed by atoms with Crippen molar-refractivity contribution in [1.29, 1.82) is 5.26 Å². The Morgan fingerprint density at radius 1 is 1.38 bits per heavy atom. The summed E-state index contributed by atoms with van der Waals surface area (Å²) in [6.07, 6.45) is 1.24. The summed E-state index contributed by atoms with van der Waals surface area (Å²) in [5.74, 6) is -0.102. The number of hydrogen-bond donors (Lipinski definition) is 2. The molecule has 0 unspecified atom stereocenters. The van der Waals surface area contributed by atoms with E-state index in [0.717, 1.165) is 5.56 Å². The largest absolute Gasteiger partial charge is 0.493 e.